The van der Waals surface area contributed by atoms with Gasteiger partial charge in [-0.15, -0.1) is 0 Å². The first-order chi connectivity index (χ1) is 13.0. The molecule has 0 radical (unpaired) electrons. The number of carbonyl (C=O) groups excluding carboxylic acids is 1. The first kappa shape index (κ1) is 16.8. The summed E-state index contributed by atoms with van der Waals surface area (Å²) in [5, 5.41) is 25.5. The number of rotatable bonds is 3. The summed E-state index contributed by atoms with van der Waals surface area (Å²) < 4.78 is 19.1. The lowest BCUT2D eigenvalue weighted by Crippen LogP contribution is -2.40. The monoisotopic (exact) mass is 366 g/mol. The summed E-state index contributed by atoms with van der Waals surface area (Å²) in [6, 6.07) is 8.77. The highest BCUT2D eigenvalue weighted by molar-refractivity contribution is 6.12. The first-order valence-corrected chi connectivity index (χ1v) is 8.27. The normalized spacial score (nSPS) is 19.4. The van der Waals surface area contributed by atoms with Crippen molar-refractivity contribution in [2.45, 2.75) is 18.5 Å². The van der Waals surface area contributed by atoms with E-state index in [1.54, 1.807) is 0 Å². The number of methoxy groups -OCH3 is 1. The maximum atomic E-state index is 13.9. The van der Waals surface area contributed by atoms with Gasteiger partial charge in [0.1, 0.15) is 17.3 Å². The fourth-order valence-corrected chi connectivity index (χ4v) is 3.17. The molecule has 27 heavy (non-hydrogen) atoms. The van der Waals surface area contributed by atoms with Crippen LogP contribution >= 0.6 is 0 Å². The summed E-state index contributed by atoms with van der Waals surface area (Å²) in [6.07, 6.45) is 0.931. The zero-order valence-electron chi connectivity index (χ0n) is 14.3. The van der Waals surface area contributed by atoms with Gasteiger partial charge in [-0.1, -0.05) is 0 Å². The molecule has 1 fully saturated rings. The van der Waals surface area contributed by atoms with E-state index >= 15 is 0 Å². The maximum absolute atomic E-state index is 13.9. The molecule has 0 bridgehead atoms. The van der Waals surface area contributed by atoms with E-state index in [1.165, 1.54) is 31.4 Å². The summed E-state index contributed by atoms with van der Waals surface area (Å²) in [4.78, 5) is 17.1. The number of fused-ring (bicyclic) bond motifs is 1. The average molecular weight is 366 g/mol. The van der Waals surface area contributed by atoms with E-state index in [9.17, 15) is 19.6 Å². The van der Waals surface area contributed by atoms with Gasteiger partial charge in [-0.05, 0) is 36.8 Å². The van der Waals surface area contributed by atoms with E-state index in [0.29, 0.717) is 5.96 Å². The molecule has 2 aromatic carbocycles. The van der Waals surface area contributed by atoms with Gasteiger partial charge >= 0.3 is 0 Å². The number of phenols is 1. The van der Waals surface area contributed by atoms with Gasteiger partial charge in [0, 0.05) is 11.1 Å². The lowest BCUT2D eigenvalue weighted by molar-refractivity contribution is 0.0974. The number of nitrogens with one attached hydrogen (secondary N) is 2. The summed E-state index contributed by atoms with van der Waals surface area (Å²) in [7, 11) is 1.40. The Kier molecular flexibility index (Phi) is 3.92. The number of benzene rings is 2. The summed E-state index contributed by atoms with van der Waals surface area (Å²) in [5.41, 5.74) is 0.239. The van der Waals surface area contributed by atoms with Gasteiger partial charge in [-0.25, -0.2) is 9.38 Å². The molecule has 0 saturated heterocycles. The van der Waals surface area contributed by atoms with Crippen LogP contribution in [0.15, 0.2) is 35.3 Å². The minimum Gasteiger partial charge on any atom is -0.507 e. The van der Waals surface area contributed by atoms with Gasteiger partial charge < -0.3 is 15.2 Å². The standard InChI is InChI=1S/C19H15FN4O3/c1-27-15-5-3-10(20)6-11(15)16-9(8-21)2-4-14(25)17(16)18(26)24-19-22-12-7-13(12)23-19/h2-6,12-13,25H,7H2,1H3,(H2,22,23,24,26). The fraction of sp³-hybridized carbons (Fsp3) is 0.211. The van der Waals surface area contributed by atoms with Crippen LogP contribution in [-0.4, -0.2) is 36.2 Å². The van der Waals surface area contributed by atoms with E-state index < -0.39 is 11.7 Å². The zero-order valence-corrected chi connectivity index (χ0v) is 14.3. The molecular formula is C19H15FN4O3. The predicted molar refractivity (Wildman–Crippen MR) is 95.0 cm³/mol. The van der Waals surface area contributed by atoms with Crippen LogP contribution in [0, 0.1) is 17.1 Å². The lowest BCUT2D eigenvalue weighted by atomic mass is 9.92. The van der Waals surface area contributed by atoms with Crippen molar-refractivity contribution >= 4 is 11.9 Å². The molecule has 0 aromatic heterocycles. The molecule has 2 aliphatic rings. The number of ether oxygens (including phenoxy) is 1. The van der Waals surface area contributed by atoms with Gasteiger partial charge in [0.25, 0.3) is 5.91 Å². The molecule has 1 aliphatic heterocycles. The molecule has 1 amide bonds. The number of nitriles is 1. The molecule has 1 heterocycles. The van der Waals surface area contributed by atoms with Crippen molar-refractivity contribution in [1.82, 2.24) is 10.6 Å². The van der Waals surface area contributed by atoms with Crippen molar-refractivity contribution in [3.8, 4) is 28.7 Å². The Bertz CT molecular complexity index is 1030. The Labute approximate surface area is 154 Å². The Hall–Kier alpha value is -3.60. The van der Waals surface area contributed by atoms with Crippen LogP contribution < -0.4 is 15.4 Å². The van der Waals surface area contributed by atoms with E-state index in [-0.39, 0.29) is 45.8 Å². The van der Waals surface area contributed by atoms with Crippen molar-refractivity contribution in [3.63, 3.8) is 0 Å². The van der Waals surface area contributed by atoms with Crippen molar-refractivity contribution in [3.05, 3.63) is 47.3 Å². The molecular weight excluding hydrogens is 351 g/mol. The minimum atomic E-state index is -0.654. The highest BCUT2D eigenvalue weighted by Crippen LogP contribution is 2.39. The number of hydrogen-bond acceptors (Lipinski definition) is 6. The van der Waals surface area contributed by atoms with Crippen LogP contribution in [0.1, 0.15) is 22.3 Å². The molecule has 2 atom stereocenters. The molecule has 8 heteroatoms. The van der Waals surface area contributed by atoms with Crippen LogP contribution in [0.2, 0.25) is 0 Å². The van der Waals surface area contributed by atoms with E-state index in [4.69, 9.17) is 4.74 Å². The largest absolute Gasteiger partial charge is 0.507 e. The predicted octanol–water partition coefficient (Wildman–Crippen LogP) is 1.91. The topological polar surface area (TPSA) is 107 Å². The number of halogens is 1. The van der Waals surface area contributed by atoms with Crippen molar-refractivity contribution in [2.24, 2.45) is 4.99 Å². The number of nitrogens with zero attached hydrogens (tertiary/aromatic N) is 2. The Morgan fingerprint density at radius 3 is 2.93 bits per heavy atom. The van der Waals surface area contributed by atoms with E-state index in [2.05, 4.69) is 15.6 Å². The molecule has 0 spiro atoms. The van der Waals surface area contributed by atoms with Crippen molar-refractivity contribution in [1.29, 1.82) is 5.26 Å². The molecule has 1 saturated carbocycles. The van der Waals surface area contributed by atoms with Gasteiger partial charge in [0.05, 0.1) is 36.4 Å². The number of amides is 1. The highest BCUT2D eigenvalue weighted by atomic mass is 19.1. The Morgan fingerprint density at radius 2 is 2.26 bits per heavy atom. The minimum absolute atomic E-state index is 0.0927. The van der Waals surface area contributed by atoms with Crippen LogP contribution in [-0.2, 0) is 0 Å². The molecule has 3 N–H and O–H groups in total. The van der Waals surface area contributed by atoms with Crippen molar-refractivity contribution in [2.75, 3.05) is 7.11 Å². The SMILES string of the molecule is COc1ccc(F)cc1-c1c(C#N)ccc(O)c1C(=O)NC1=NC2CC2N1. The highest BCUT2D eigenvalue weighted by Gasteiger charge is 2.43. The number of hydrogen-bond donors (Lipinski definition) is 3. The second-order valence-electron chi connectivity index (χ2n) is 6.32. The average Bonchev–Trinajstić information content (AvgIpc) is 3.27. The van der Waals surface area contributed by atoms with Crippen LogP contribution in [0.25, 0.3) is 11.1 Å². The second-order valence-corrected chi connectivity index (χ2v) is 6.32. The summed E-state index contributed by atoms with van der Waals surface area (Å²) in [5.74, 6) is -0.966. The molecule has 1 aliphatic carbocycles. The molecule has 136 valence electrons. The molecule has 7 nitrogen and oxygen atoms in total. The van der Waals surface area contributed by atoms with Crippen LogP contribution in [0.5, 0.6) is 11.5 Å². The van der Waals surface area contributed by atoms with Gasteiger partial charge in [-0.3, -0.25) is 10.1 Å². The summed E-state index contributed by atoms with van der Waals surface area (Å²) >= 11 is 0. The lowest BCUT2D eigenvalue weighted by Gasteiger charge is -2.16. The molecule has 2 aromatic rings. The third-order valence-corrected chi connectivity index (χ3v) is 4.57. The first-order valence-electron chi connectivity index (χ1n) is 8.27. The van der Waals surface area contributed by atoms with Gasteiger partial charge in [-0.2, -0.15) is 5.26 Å². The smallest absolute Gasteiger partial charge is 0.262 e. The Morgan fingerprint density at radius 1 is 1.44 bits per heavy atom. The Balaban J connectivity index is 1.84. The second kappa shape index (κ2) is 6.29. The van der Waals surface area contributed by atoms with Crippen molar-refractivity contribution < 1.29 is 19.0 Å². The van der Waals surface area contributed by atoms with Crippen LogP contribution in [0.3, 0.4) is 0 Å². The molecule has 2 unspecified atom stereocenters. The number of aromatic hydroxyl groups is 1. The van der Waals surface area contributed by atoms with Crippen LogP contribution in [0.4, 0.5) is 4.39 Å². The molecule has 4 rings (SSSR count). The van der Waals surface area contributed by atoms with Gasteiger partial charge in [0.2, 0.25) is 0 Å². The zero-order chi connectivity index (χ0) is 19.1. The van der Waals surface area contributed by atoms with Gasteiger partial charge in [0.15, 0.2) is 5.96 Å². The fourth-order valence-electron chi connectivity index (χ4n) is 3.17. The third-order valence-electron chi connectivity index (χ3n) is 4.57. The number of phenolic OH excluding ortho intramolecular Hbond substituents is 1. The summed E-state index contributed by atoms with van der Waals surface area (Å²) in [6.45, 7) is 0. The van der Waals surface area contributed by atoms with E-state index in [1.807, 2.05) is 6.07 Å². The maximum Gasteiger partial charge on any atom is 0.262 e. The quantitative estimate of drug-likeness (QED) is 0.769. The number of carbonyl (C=O) groups is 1. The number of guanidine groups is 1. The van der Waals surface area contributed by atoms with E-state index in [0.717, 1.165) is 12.5 Å². The third kappa shape index (κ3) is 2.93. The number of aliphatic imine (C=N–C) groups is 1.